The van der Waals surface area contributed by atoms with Gasteiger partial charge in [-0.05, 0) is 30.3 Å². The molecule has 4 aromatic rings. The Labute approximate surface area is 141 Å². The zero-order chi connectivity index (χ0) is 17.2. The monoisotopic (exact) mass is 337 g/mol. The van der Waals surface area contributed by atoms with E-state index >= 15 is 0 Å². The van der Waals surface area contributed by atoms with Crippen LogP contribution >= 0.6 is 0 Å². The molecule has 0 atom stereocenters. The number of methoxy groups -OCH3 is 1. The molecule has 0 saturated carbocycles. The van der Waals surface area contributed by atoms with Gasteiger partial charge < -0.3 is 14.0 Å². The molecule has 0 unspecified atom stereocenters. The van der Waals surface area contributed by atoms with Crippen molar-refractivity contribution in [3.63, 3.8) is 0 Å². The van der Waals surface area contributed by atoms with Crippen molar-refractivity contribution in [2.75, 3.05) is 7.11 Å². The molecule has 7 heteroatoms. The number of ether oxygens (including phenoxy) is 2. The van der Waals surface area contributed by atoms with Crippen LogP contribution in [0.1, 0.15) is 0 Å². The van der Waals surface area contributed by atoms with Gasteiger partial charge >= 0.3 is 0 Å². The third kappa shape index (κ3) is 2.87. The zero-order valence-electron chi connectivity index (χ0n) is 13.1. The van der Waals surface area contributed by atoms with Crippen LogP contribution < -0.4 is 9.47 Å². The Hall–Kier alpha value is -3.48. The molecule has 0 spiro atoms. The minimum absolute atomic E-state index is 0.221. The SMILES string of the molecule is COc1ccc(F)cc1Oc1ccc2c(-c3ccccn3)noc2n1. The highest BCUT2D eigenvalue weighted by molar-refractivity contribution is 5.88. The molecule has 0 amide bonds. The van der Waals surface area contributed by atoms with Crippen LogP contribution in [0.15, 0.2) is 59.3 Å². The van der Waals surface area contributed by atoms with Crippen LogP contribution in [0.2, 0.25) is 0 Å². The third-order valence-corrected chi connectivity index (χ3v) is 3.56. The molecule has 0 saturated heterocycles. The van der Waals surface area contributed by atoms with Crippen molar-refractivity contribution < 1.29 is 18.4 Å². The van der Waals surface area contributed by atoms with E-state index in [1.54, 1.807) is 18.3 Å². The average Bonchev–Trinajstić information content (AvgIpc) is 3.06. The van der Waals surface area contributed by atoms with E-state index in [9.17, 15) is 4.39 Å². The molecule has 124 valence electrons. The predicted molar refractivity (Wildman–Crippen MR) is 88.1 cm³/mol. The van der Waals surface area contributed by atoms with Gasteiger partial charge in [-0.3, -0.25) is 4.98 Å². The van der Waals surface area contributed by atoms with Crippen molar-refractivity contribution in [3.8, 4) is 28.8 Å². The second-order valence-electron chi connectivity index (χ2n) is 5.15. The lowest BCUT2D eigenvalue weighted by Gasteiger charge is -2.09. The second kappa shape index (κ2) is 6.20. The topological polar surface area (TPSA) is 70.3 Å². The maximum atomic E-state index is 13.4. The standard InChI is InChI=1S/C18H12FN3O3/c1-23-14-7-5-11(19)10-15(14)24-16-8-6-12-17(22-25-18(12)21-16)13-4-2-3-9-20-13/h2-10H,1H3. The van der Waals surface area contributed by atoms with Crippen LogP contribution in [0.4, 0.5) is 4.39 Å². The molecule has 0 N–H and O–H groups in total. The molecule has 4 rings (SSSR count). The highest BCUT2D eigenvalue weighted by Crippen LogP contribution is 2.33. The average molecular weight is 337 g/mol. The van der Waals surface area contributed by atoms with Crippen molar-refractivity contribution in [3.05, 3.63) is 60.5 Å². The van der Waals surface area contributed by atoms with E-state index in [4.69, 9.17) is 14.0 Å². The summed E-state index contributed by atoms with van der Waals surface area (Å²) >= 11 is 0. The highest BCUT2D eigenvalue weighted by Gasteiger charge is 2.14. The molecule has 0 radical (unpaired) electrons. The summed E-state index contributed by atoms with van der Waals surface area (Å²) in [5.74, 6) is 0.419. The van der Waals surface area contributed by atoms with E-state index in [2.05, 4.69) is 15.1 Å². The molecule has 0 aliphatic carbocycles. The largest absolute Gasteiger partial charge is 0.493 e. The fraction of sp³-hybridized carbons (Fsp3) is 0.0556. The van der Waals surface area contributed by atoms with E-state index in [0.717, 1.165) is 0 Å². The van der Waals surface area contributed by atoms with Gasteiger partial charge in [0.1, 0.15) is 11.5 Å². The number of fused-ring (bicyclic) bond motifs is 1. The maximum Gasteiger partial charge on any atom is 0.261 e. The maximum absolute atomic E-state index is 13.4. The Morgan fingerprint density at radius 3 is 2.76 bits per heavy atom. The fourth-order valence-electron chi connectivity index (χ4n) is 2.40. The quantitative estimate of drug-likeness (QED) is 0.555. The molecule has 6 nitrogen and oxygen atoms in total. The lowest BCUT2D eigenvalue weighted by molar-refractivity contribution is 0.370. The smallest absolute Gasteiger partial charge is 0.261 e. The van der Waals surface area contributed by atoms with Crippen LogP contribution in [0.5, 0.6) is 17.4 Å². The number of rotatable bonds is 4. The van der Waals surface area contributed by atoms with Gasteiger partial charge in [-0.15, -0.1) is 0 Å². The van der Waals surface area contributed by atoms with E-state index in [0.29, 0.717) is 28.2 Å². The lowest BCUT2D eigenvalue weighted by Crippen LogP contribution is -1.93. The van der Waals surface area contributed by atoms with Crippen molar-refractivity contribution in [1.82, 2.24) is 15.1 Å². The van der Waals surface area contributed by atoms with Crippen molar-refractivity contribution in [1.29, 1.82) is 0 Å². The molecule has 0 bridgehead atoms. The van der Waals surface area contributed by atoms with Gasteiger partial charge in [-0.1, -0.05) is 11.2 Å². The Kier molecular flexibility index (Phi) is 3.74. The van der Waals surface area contributed by atoms with Crippen molar-refractivity contribution in [2.24, 2.45) is 0 Å². The second-order valence-corrected chi connectivity index (χ2v) is 5.15. The van der Waals surface area contributed by atoms with Crippen molar-refractivity contribution >= 4 is 11.1 Å². The third-order valence-electron chi connectivity index (χ3n) is 3.56. The number of nitrogens with zero attached hydrogens (tertiary/aromatic N) is 3. The minimum atomic E-state index is -0.436. The van der Waals surface area contributed by atoms with Crippen LogP contribution in [0.25, 0.3) is 22.5 Å². The van der Waals surface area contributed by atoms with Crippen LogP contribution in [-0.4, -0.2) is 22.2 Å². The molecule has 3 heterocycles. The molecule has 3 aromatic heterocycles. The molecule has 0 fully saturated rings. The summed E-state index contributed by atoms with van der Waals surface area (Å²) < 4.78 is 29.5. The molecule has 0 aliphatic rings. The van der Waals surface area contributed by atoms with Gasteiger partial charge in [-0.2, -0.15) is 4.98 Å². The first kappa shape index (κ1) is 15.1. The summed E-state index contributed by atoms with van der Waals surface area (Å²) in [6, 6.07) is 12.9. The number of hydrogen-bond acceptors (Lipinski definition) is 6. The van der Waals surface area contributed by atoms with Crippen LogP contribution in [0, 0.1) is 5.82 Å². The number of pyridine rings is 2. The summed E-state index contributed by atoms with van der Waals surface area (Å²) in [6.45, 7) is 0. The minimum Gasteiger partial charge on any atom is -0.493 e. The Balaban J connectivity index is 1.70. The summed E-state index contributed by atoms with van der Waals surface area (Å²) in [6.07, 6.45) is 1.68. The van der Waals surface area contributed by atoms with Gasteiger partial charge in [0, 0.05) is 18.3 Å². The number of aromatic nitrogens is 3. The summed E-state index contributed by atoms with van der Waals surface area (Å²) in [5, 5.41) is 4.73. The number of benzene rings is 1. The Morgan fingerprint density at radius 1 is 1.04 bits per heavy atom. The van der Waals surface area contributed by atoms with Crippen LogP contribution in [0.3, 0.4) is 0 Å². The van der Waals surface area contributed by atoms with Crippen LogP contribution in [-0.2, 0) is 0 Å². The first-order valence-electron chi connectivity index (χ1n) is 7.44. The van der Waals surface area contributed by atoms with Gasteiger partial charge in [0.2, 0.25) is 5.88 Å². The van der Waals surface area contributed by atoms with Gasteiger partial charge in [0.15, 0.2) is 11.5 Å². The Bertz CT molecular complexity index is 1030. The summed E-state index contributed by atoms with van der Waals surface area (Å²) in [7, 11) is 1.48. The van der Waals surface area contributed by atoms with E-state index < -0.39 is 5.82 Å². The van der Waals surface area contributed by atoms with Crippen molar-refractivity contribution in [2.45, 2.75) is 0 Å². The van der Waals surface area contributed by atoms with Gasteiger partial charge in [0.05, 0.1) is 18.2 Å². The predicted octanol–water partition coefficient (Wildman–Crippen LogP) is 4.22. The molecular weight excluding hydrogens is 325 g/mol. The fourth-order valence-corrected chi connectivity index (χ4v) is 2.40. The lowest BCUT2D eigenvalue weighted by atomic mass is 10.2. The molecule has 1 aromatic carbocycles. The van der Waals surface area contributed by atoms with Gasteiger partial charge in [0.25, 0.3) is 5.71 Å². The summed E-state index contributed by atoms with van der Waals surface area (Å²) in [4.78, 5) is 8.52. The first-order chi connectivity index (χ1) is 12.2. The zero-order valence-corrected chi connectivity index (χ0v) is 13.1. The summed E-state index contributed by atoms with van der Waals surface area (Å²) in [5.41, 5.74) is 1.58. The van der Waals surface area contributed by atoms with Gasteiger partial charge in [-0.25, -0.2) is 4.39 Å². The number of halogens is 1. The van der Waals surface area contributed by atoms with E-state index in [1.165, 1.54) is 25.3 Å². The highest BCUT2D eigenvalue weighted by atomic mass is 19.1. The van der Waals surface area contributed by atoms with E-state index in [1.807, 2.05) is 18.2 Å². The van der Waals surface area contributed by atoms with E-state index in [-0.39, 0.29) is 11.6 Å². The normalized spacial score (nSPS) is 10.8. The molecule has 25 heavy (non-hydrogen) atoms. The number of hydrogen-bond donors (Lipinski definition) is 0. The molecule has 0 aliphatic heterocycles. The Morgan fingerprint density at radius 2 is 1.96 bits per heavy atom. The first-order valence-corrected chi connectivity index (χ1v) is 7.44. The molecular formula is C18H12FN3O3.